The summed E-state index contributed by atoms with van der Waals surface area (Å²) in [6.45, 7) is 2.41. The largest absolute Gasteiger partial charge is 0.493 e. The first-order chi connectivity index (χ1) is 16.1. The molecule has 2 heterocycles. The minimum atomic E-state index is -2.60. The first kappa shape index (κ1) is 25.0. The van der Waals surface area contributed by atoms with Crippen molar-refractivity contribution in [2.24, 2.45) is 5.92 Å². The highest BCUT2D eigenvalue weighted by Gasteiger charge is 2.17. The molecule has 1 saturated carbocycles. The smallest absolute Gasteiger partial charge is 0.267 e. The zero-order valence-corrected chi connectivity index (χ0v) is 19.8. The summed E-state index contributed by atoms with van der Waals surface area (Å²) in [5.41, 5.74) is 3.14. The van der Waals surface area contributed by atoms with E-state index in [0.717, 1.165) is 35.7 Å². The number of aryl methyl sites for hydroxylation is 1. The zero-order valence-electron chi connectivity index (χ0n) is 19.0. The maximum atomic E-state index is 13.6. The molecular formula is C25H30F3N3OS. The van der Waals surface area contributed by atoms with E-state index in [1.165, 1.54) is 43.1 Å². The number of benzene rings is 1. The van der Waals surface area contributed by atoms with E-state index in [1.54, 1.807) is 18.3 Å². The Morgan fingerprint density at radius 3 is 2.64 bits per heavy atom. The quantitative estimate of drug-likeness (QED) is 0.316. The summed E-state index contributed by atoms with van der Waals surface area (Å²) in [7, 11) is 0.500. The van der Waals surface area contributed by atoms with E-state index in [4.69, 9.17) is 4.74 Å². The van der Waals surface area contributed by atoms with Crippen LogP contribution in [0.4, 0.5) is 24.0 Å². The fraction of sp³-hybridized carbons (Fsp3) is 0.440. The minimum Gasteiger partial charge on any atom is -0.493 e. The van der Waals surface area contributed by atoms with Crippen molar-refractivity contribution in [2.75, 3.05) is 19.1 Å². The van der Waals surface area contributed by atoms with E-state index in [-0.39, 0.29) is 11.3 Å². The number of ether oxygens (including phenoxy) is 1. The Morgan fingerprint density at radius 2 is 1.94 bits per heavy atom. The van der Waals surface area contributed by atoms with Crippen LogP contribution in [0.1, 0.15) is 56.2 Å². The van der Waals surface area contributed by atoms with E-state index >= 15 is 0 Å². The first-order valence-electron chi connectivity index (χ1n) is 11.2. The predicted molar refractivity (Wildman–Crippen MR) is 128 cm³/mol. The fourth-order valence-corrected chi connectivity index (χ4v) is 4.73. The molecule has 0 bridgehead atoms. The summed E-state index contributed by atoms with van der Waals surface area (Å²) < 4.78 is 42.5. The molecule has 178 valence electrons. The molecule has 4 nitrogen and oxygen atoms in total. The van der Waals surface area contributed by atoms with E-state index in [0.29, 0.717) is 24.6 Å². The molecule has 0 aliphatic heterocycles. The van der Waals surface area contributed by atoms with Gasteiger partial charge < -0.3 is 10.1 Å². The fourth-order valence-electron chi connectivity index (χ4n) is 3.99. The van der Waals surface area contributed by atoms with Crippen molar-refractivity contribution in [3.05, 3.63) is 53.2 Å². The van der Waals surface area contributed by atoms with Gasteiger partial charge in [-0.05, 0) is 56.0 Å². The molecule has 0 amide bonds. The lowest BCUT2D eigenvalue weighted by Gasteiger charge is -2.14. The summed E-state index contributed by atoms with van der Waals surface area (Å²) in [4.78, 5) is 8.84. The van der Waals surface area contributed by atoms with Crippen molar-refractivity contribution in [1.82, 2.24) is 9.97 Å². The number of hydrogen-bond donors (Lipinski definition) is 1. The molecule has 0 unspecified atom stereocenters. The zero-order chi connectivity index (χ0) is 23.6. The average Bonchev–Trinajstić information content (AvgIpc) is 3.51. The lowest BCUT2D eigenvalue weighted by Crippen LogP contribution is -2.04. The maximum absolute atomic E-state index is 13.6. The van der Waals surface area contributed by atoms with Crippen LogP contribution in [0.15, 0.2) is 41.9 Å². The third-order valence-corrected chi connectivity index (χ3v) is 6.45. The van der Waals surface area contributed by atoms with Gasteiger partial charge in [0.25, 0.3) is 6.43 Å². The van der Waals surface area contributed by atoms with Crippen molar-refractivity contribution < 1.29 is 17.9 Å². The maximum Gasteiger partial charge on any atom is 0.267 e. The van der Waals surface area contributed by atoms with Crippen LogP contribution in [0.5, 0.6) is 5.75 Å². The van der Waals surface area contributed by atoms with Crippen molar-refractivity contribution >= 4 is 22.2 Å². The van der Waals surface area contributed by atoms with Crippen LogP contribution in [-0.2, 0) is 0 Å². The van der Waals surface area contributed by atoms with Crippen LogP contribution in [0.2, 0.25) is 0 Å². The summed E-state index contributed by atoms with van der Waals surface area (Å²) in [5, 5.41) is 5.69. The van der Waals surface area contributed by atoms with Gasteiger partial charge in [0.2, 0.25) is 0 Å². The average molecular weight is 478 g/mol. The number of aromatic nitrogens is 2. The Hall–Kier alpha value is -2.61. The van der Waals surface area contributed by atoms with Crippen molar-refractivity contribution in [3.8, 4) is 17.0 Å². The monoisotopic (exact) mass is 477 g/mol. The third kappa shape index (κ3) is 7.19. The van der Waals surface area contributed by atoms with Gasteiger partial charge in [-0.3, -0.25) is 9.37 Å². The lowest BCUT2D eigenvalue weighted by atomic mass is 10.0. The third-order valence-electron chi connectivity index (χ3n) is 5.70. The van der Waals surface area contributed by atoms with Crippen molar-refractivity contribution in [1.29, 1.82) is 0 Å². The van der Waals surface area contributed by atoms with Crippen LogP contribution in [0.25, 0.3) is 11.3 Å². The highest BCUT2D eigenvalue weighted by molar-refractivity contribution is 7.14. The summed E-state index contributed by atoms with van der Waals surface area (Å²) in [6.07, 6.45) is 6.42. The molecular weight excluding hydrogens is 447 g/mol. The van der Waals surface area contributed by atoms with Gasteiger partial charge in [-0.15, -0.1) is 11.3 Å². The van der Waals surface area contributed by atoms with E-state index < -0.39 is 6.43 Å². The van der Waals surface area contributed by atoms with Crippen LogP contribution in [0, 0.1) is 12.8 Å². The van der Waals surface area contributed by atoms with Gasteiger partial charge in [0, 0.05) is 28.5 Å². The Kier molecular flexibility index (Phi) is 9.54. The molecule has 1 aliphatic rings. The van der Waals surface area contributed by atoms with Crippen LogP contribution >= 0.6 is 11.3 Å². The minimum absolute atomic E-state index is 0.0922. The van der Waals surface area contributed by atoms with Gasteiger partial charge in [-0.2, -0.15) is 0 Å². The number of anilines is 2. The topological polar surface area (TPSA) is 47.0 Å². The molecule has 0 radical (unpaired) electrons. The second kappa shape index (κ2) is 12.6. The second-order valence-corrected chi connectivity index (χ2v) is 8.90. The number of hydrogen-bond acceptors (Lipinski definition) is 5. The normalized spacial score (nSPS) is 13.6. The first-order valence-corrected chi connectivity index (χ1v) is 12.0. The Morgan fingerprint density at radius 1 is 1.15 bits per heavy atom. The number of halogens is 3. The molecule has 1 N–H and O–H groups in total. The molecule has 4 rings (SSSR count). The molecule has 2 aromatic heterocycles. The summed E-state index contributed by atoms with van der Waals surface area (Å²) in [5.74, 6) is 1.04. The van der Waals surface area contributed by atoms with Crippen LogP contribution in [-0.4, -0.2) is 23.8 Å². The highest BCUT2D eigenvalue weighted by atomic mass is 32.1. The SMILES string of the molecule is CF.Cc1ccc(-c2csc(Nc3ccc(OCCCC4CCCC4)c(C(F)F)c3)n2)cn1. The number of alkyl halides is 3. The highest BCUT2D eigenvalue weighted by Crippen LogP contribution is 2.34. The molecule has 0 saturated heterocycles. The number of thiazole rings is 1. The van der Waals surface area contributed by atoms with Gasteiger partial charge in [0.05, 0.1) is 25.0 Å². The summed E-state index contributed by atoms with van der Waals surface area (Å²) in [6, 6.07) is 8.73. The molecule has 1 aromatic carbocycles. The van der Waals surface area contributed by atoms with Gasteiger partial charge in [0.15, 0.2) is 5.13 Å². The number of pyridine rings is 1. The number of nitrogens with zero attached hydrogens (tertiary/aromatic N) is 2. The molecule has 8 heteroatoms. The lowest BCUT2D eigenvalue weighted by molar-refractivity contribution is 0.145. The Balaban J connectivity index is 0.00000149. The standard InChI is InChI=1S/C24H27F2N3OS.CH3F/c1-16-8-9-18(14-27-16)21-15-31-24(29-21)28-19-10-11-22(20(13-19)23(25)26)30-12-4-7-17-5-2-3-6-17;1-2/h8-11,13-15,17,23H,2-7,12H2,1H3,(H,28,29);1H3. The Labute approximate surface area is 197 Å². The van der Waals surface area contributed by atoms with Crippen LogP contribution in [0.3, 0.4) is 0 Å². The van der Waals surface area contributed by atoms with E-state index in [1.807, 2.05) is 24.4 Å². The van der Waals surface area contributed by atoms with Crippen molar-refractivity contribution in [2.45, 2.75) is 51.9 Å². The molecule has 1 fully saturated rings. The molecule has 0 atom stereocenters. The predicted octanol–water partition coefficient (Wildman–Crippen LogP) is 8.13. The van der Waals surface area contributed by atoms with Crippen molar-refractivity contribution in [3.63, 3.8) is 0 Å². The van der Waals surface area contributed by atoms with Gasteiger partial charge >= 0.3 is 0 Å². The molecule has 0 spiro atoms. The second-order valence-electron chi connectivity index (χ2n) is 8.05. The number of nitrogens with one attached hydrogen (secondary N) is 1. The Bertz CT molecular complexity index is 989. The van der Waals surface area contributed by atoms with Gasteiger partial charge in [-0.1, -0.05) is 25.7 Å². The van der Waals surface area contributed by atoms with E-state index in [9.17, 15) is 13.2 Å². The van der Waals surface area contributed by atoms with E-state index in [2.05, 4.69) is 15.3 Å². The molecule has 1 aliphatic carbocycles. The number of rotatable bonds is 9. The molecule has 3 aromatic rings. The van der Waals surface area contributed by atoms with Gasteiger partial charge in [0.1, 0.15) is 5.75 Å². The molecule has 33 heavy (non-hydrogen) atoms. The summed E-state index contributed by atoms with van der Waals surface area (Å²) >= 11 is 1.42. The van der Waals surface area contributed by atoms with Gasteiger partial charge in [-0.25, -0.2) is 13.8 Å². The van der Waals surface area contributed by atoms with Crippen LogP contribution < -0.4 is 10.1 Å².